The van der Waals surface area contributed by atoms with E-state index in [1.807, 2.05) is 36.6 Å². The van der Waals surface area contributed by atoms with E-state index in [0.717, 1.165) is 5.69 Å². The van der Waals surface area contributed by atoms with Crippen molar-refractivity contribution in [2.75, 3.05) is 0 Å². The number of rotatable bonds is 2. The Morgan fingerprint density at radius 3 is 2.75 bits per heavy atom. The maximum atomic E-state index is 11.8. The monoisotopic (exact) mass is 222 g/mol. The predicted molar refractivity (Wildman–Crippen MR) is 60.5 cm³/mol. The molecule has 1 fully saturated rings. The fraction of sp³-hybridized carbons (Fsp3) is 0.636. The van der Waals surface area contributed by atoms with Crippen LogP contribution >= 0.6 is 0 Å². The molecule has 5 heteroatoms. The molecular formula is C11H18N4O. The summed E-state index contributed by atoms with van der Waals surface area (Å²) in [5.41, 5.74) is 6.91. The number of aromatic nitrogens is 2. The van der Waals surface area contributed by atoms with Gasteiger partial charge in [0.15, 0.2) is 0 Å². The summed E-state index contributed by atoms with van der Waals surface area (Å²) in [5, 5.41) is 0. The molecule has 0 aromatic carbocycles. The van der Waals surface area contributed by atoms with Gasteiger partial charge in [-0.25, -0.2) is 4.98 Å². The summed E-state index contributed by atoms with van der Waals surface area (Å²) in [6.07, 6.45) is 4.08. The molecule has 1 aromatic rings. The van der Waals surface area contributed by atoms with Gasteiger partial charge in [-0.3, -0.25) is 4.79 Å². The van der Waals surface area contributed by atoms with Crippen molar-refractivity contribution in [1.29, 1.82) is 0 Å². The van der Waals surface area contributed by atoms with Crippen LogP contribution in [0, 0.1) is 0 Å². The third kappa shape index (κ3) is 1.71. The molecule has 2 heterocycles. The number of likely N-dealkylation sites (tertiary alicyclic amines) is 1. The maximum Gasteiger partial charge on any atom is 0.225 e. The number of amides is 1. The second kappa shape index (κ2) is 3.90. The van der Waals surface area contributed by atoms with Crippen LogP contribution in [0.15, 0.2) is 12.5 Å². The molecule has 16 heavy (non-hydrogen) atoms. The van der Waals surface area contributed by atoms with Gasteiger partial charge < -0.3 is 15.2 Å². The minimum absolute atomic E-state index is 0.0753. The molecule has 2 rings (SSSR count). The van der Waals surface area contributed by atoms with Gasteiger partial charge in [-0.2, -0.15) is 0 Å². The average Bonchev–Trinajstić information content (AvgIpc) is 2.69. The lowest BCUT2D eigenvalue weighted by atomic mass is 10.1. The lowest BCUT2D eigenvalue weighted by Gasteiger charge is -2.29. The average molecular weight is 222 g/mol. The highest BCUT2D eigenvalue weighted by Crippen LogP contribution is 2.32. The Kier molecular flexibility index (Phi) is 2.71. The van der Waals surface area contributed by atoms with E-state index in [1.165, 1.54) is 0 Å². The smallest absolute Gasteiger partial charge is 0.225 e. The van der Waals surface area contributed by atoms with E-state index in [0.29, 0.717) is 6.42 Å². The van der Waals surface area contributed by atoms with E-state index in [-0.39, 0.29) is 24.0 Å². The molecule has 0 unspecified atom stereocenters. The molecule has 0 bridgehead atoms. The summed E-state index contributed by atoms with van der Waals surface area (Å²) in [6.45, 7) is 4.01. The minimum atomic E-state index is -0.148. The summed E-state index contributed by atoms with van der Waals surface area (Å²) in [5.74, 6) is 0.123. The van der Waals surface area contributed by atoms with E-state index in [4.69, 9.17) is 5.73 Å². The highest BCUT2D eigenvalue weighted by Gasteiger charge is 2.40. The summed E-state index contributed by atoms with van der Waals surface area (Å²) >= 11 is 0. The number of hydrogen-bond donors (Lipinski definition) is 1. The zero-order chi connectivity index (χ0) is 11.9. The second-order valence-electron chi connectivity index (χ2n) is 4.67. The molecular weight excluding hydrogens is 204 g/mol. The quantitative estimate of drug-likeness (QED) is 0.789. The zero-order valence-corrected chi connectivity index (χ0v) is 9.92. The van der Waals surface area contributed by atoms with Crippen molar-refractivity contribution in [1.82, 2.24) is 14.5 Å². The van der Waals surface area contributed by atoms with Gasteiger partial charge in [-0.15, -0.1) is 0 Å². The highest BCUT2D eigenvalue weighted by atomic mass is 16.2. The van der Waals surface area contributed by atoms with E-state index in [2.05, 4.69) is 4.98 Å². The largest absolute Gasteiger partial charge is 0.340 e. The third-order valence-corrected chi connectivity index (χ3v) is 2.99. The zero-order valence-electron chi connectivity index (χ0n) is 9.92. The first-order valence-electron chi connectivity index (χ1n) is 5.55. The van der Waals surface area contributed by atoms with Crippen LogP contribution in [0.4, 0.5) is 0 Å². The summed E-state index contributed by atoms with van der Waals surface area (Å²) in [6, 6.07) is -0.0634. The first-order chi connectivity index (χ1) is 7.50. The molecule has 1 amide bonds. The van der Waals surface area contributed by atoms with E-state index in [9.17, 15) is 4.79 Å². The SMILES string of the molecule is CC(C)N1C(=O)C[C@H](N)[C@H]1c1cn(C)cn1. The standard InChI is InChI=1S/C11H18N4O/c1-7(2)15-10(16)4-8(12)11(15)9-5-14(3)6-13-9/h5-8,11H,4,12H2,1-3H3/t8-,11-/m0/s1. The molecule has 0 aliphatic carbocycles. The number of aryl methyl sites for hydroxylation is 1. The fourth-order valence-corrected chi connectivity index (χ4v) is 2.34. The lowest BCUT2D eigenvalue weighted by molar-refractivity contribution is -0.130. The third-order valence-electron chi connectivity index (χ3n) is 2.99. The van der Waals surface area contributed by atoms with Crippen LogP contribution in [-0.4, -0.2) is 32.4 Å². The van der Waals surface area contributed by atoms with Gasteiger partial charge in [0.2, 0.25) is 5.91 Å². The van der Waals surface area contributed by atoms with Crippen molar-refractivity contribution >= 4 is 5.91 Å². The minimum Gasteiger partial charge on any atom is -0.340 e. The van der Waals surface area contributed by atoms with Gasteiger partial charge in [0.1, 0.15) is 0 Å². The molecule has 5 nitrogen and oxygen atoms in total. The molecule has 0 radical (unpaired) electrons. The number of carbonyl (C=O) groups is 1. The van der Waals surface area contributed by atoms with Gasteiger partial charge in [0.05, 0.1) is 18.1 Å². The molecule has 2 N–H and O–H groups in total. The summed E-state index contributed by atoms with van der Waals surface area (Å²) < 4.78 is 1.88. The van der Waals surface area contributed by atoms with Crippen molar-refractivity contribution in [2.24, 2.45) is 12.8 Å². The molecule has 1 aromatic heterocycles. The van der Waals surface area contributed by atoms with Crippen LogP contribution < -0.4 is 5.73 Å². The van der Waals surface area contributed by atoms with Crippen LogP contribution in [0.25, 0.3) is 0 Å². The Balaban J connectivity index is 2.33. The highest BCUT2D eigenvalue weighted by molar-refractivity contribution is 5.80. The van der Waals surface area contributed by atoms with Crippen LogP contribution in [0.1, 0.15) is 32.0 Å². The molecule has 0 saturated carbocycles. The van der Waals surface area contributed by atoms with Crippen LogP contribution in [0.3, 0.4) is 0 Å². The van der Waals surface area contributed by atoms with E-state index in [1.54, 1.807) is 6.33 Å². The number of nitrogens with two attached hydrogens (primary N) is 1. The molecule has 2 atom stereocenters. The molecule has 0 spiro atoms. The first-order valence-corrected chi connectivity index (χ1v) is 5.55. The molecule has 1 aliphatic rings. The Morgan fingerprint density at radius 1 is 1.56 bits per heavy atom. The van der Waals surface area contributed by atoms with Crippen LogP contribution in [0.2, 0.25) is 0 Å². The Labute approximate surface area is 95.2 Å². The number of imidazole rings is 1. The number of carbonyl (C=O) groups excluding carboxylic acids is 1. The summed E-state index contributed by atoms with van der Waals surface area (Å²) in [4.78, 5) is 18.0. The molecule has 1 aliphatic heterocycles. The van der Waals surface area contributed by atoms with Crippen molar-refractivity contribution in [3.05, 3.63) is 18.2 Å². The van der Waals surface area contributed by atoms with Crippen LogP contribution in [-0.2, 0) is 11.8 Å². The van der Waals surface area contributed by atoms with Gasteiger partial charge in [0.25, 0.3) is 0 Å². The van der Waals surface area contributed by atoms with E-state index < -0.39 is 0 Å². The number of nitrogens with zero attached hydrogens (tertiary/aromatic N) is 3. The molecule has 88 valence electrons. The number of hydrogen-bond acceptors (Lipinski definition) is 3. The Morgan fingerprint density at radius 2 is 2.25 bits per heavy atom. The second-order valence-corrected chi connectivity index (χ2v) is 4.67. The summed E-state index contributed by atoms with van der Waals surface area (Å²) in [7, 11) is 1.92. The van der Waals surface area contributed by atoms with Crippen molar-refractivity contribution in [2.45, 2.75) is 38.4 Å². The van der Waals surface area contributed by atoms with Crippen molar-refractivity contribution in [3.8, 4) is 0 Å². The molecule has 1 saturated heterocycles. The van der Waals surface area contributed by atoms with Crippen molar-refractivity contribution < 1.29 is 4.79 Å². The topological polar surface area (TPSA) is 64.2 Å². The predicted octanol–water partition coefficient (Wildman–Crippen LogP) is 0.429. The van der Waals surface area contributed by atoms with Crippen molar-refractivity contribution in [3.63, 3.8) is 0 Å². The van der Waals surface area contributed by atoms with Crippen LogP contribution in [0.5, 0.6) is 0 Å². The lowest BCUT2D eigenvalue weighted by Crippen LogP contribution is -2.37. The van der Waals surface area contributed by atoms with Gasteiger partial charge in [-0.1, -0.05) is 0 Å². The first kappa shape index (κ1) is 11.1. The Bertz CT molecular complexity index is 398. The van der Waals surface area contributed by atoms with Gasteiger partial charge in [0, 0.05) is 31.7 Å². The van der Waals surface area contributed by atoms with Gasteiger partial charge in [-0.05, 0) is 13.8 Å². The fourth-order valence-electron chi connectivity index (χ4n) is 2.34. The Hall–Kier alpha value is -1.36. The maximum absolute atomic E-state index is 11.8. The normalized spacial score (nSPS) is 25.8. The van der Waals surface area contributed by atoms with E-state index >= 15 is 0 Å². The van der Waals surface area contributed by atoms with Gasteiger partial charge >= 0.3 is 0 Å².